The van der Waals surface area contributed by atoms with Crippen LogP contribution in [-0.2, 0) is 10.0 Å². The van der Waals surface area contributed by atoms with Crippen LogP contribution in [0.3, 0.4) is 0 Å². The number of hydrogen-bond donors (Lipinski definition) is 1. The van der Waals surface area contributed by atoms with Crippen LogP contribution in [0.25, 0.3) is 0 Å². The number of halogens is 1. The zero-order valence-corrected chi connectivity index (χ0v) is 11.6. The number of nitrogens with zero attached hydrogens (tertiary/aromatic N) is 3. The number of sulfonamides is 1. The summed E-state index contributed by atoms with van der Waals surface area (Å²) in [6.45, 7) is 2.37. The third-order valence-corrected chi connectivity index (χ3v) is 4.53. The Kier molecular flexibility index (Phi) is 4.16. The lowest BCUT2D eigenvalue weighted by Crippen LogP contribution is -2.30. The van der Waals surface area contributed by atoms with Crippen LogP contribution in [0.2, 0.25) is 5.28 Å². The average Bonchev–Trinajstić information content (AvgIpc) is 2.73. The largest absolute Gasteiger partial charge is 0.306 e. The lowest BCUT2D eigenvalue weighted by Gasteiger charge is -2.11. The van der Waals surface area contributed by atoms with Gasteiger partial charge in [-0.3, -0.25) is 0 Å². The highest BCUT2D eigenvalue weighted by molar-refractivity contribution is 7.89. The van der Waals surface area contributed by atoms with Gasteiger partial charge in [0.05, 0.1) is 12.4 Å². The fraction of sp³-hybridized carbons (Fsp3) is 0.600. The lowest BCUT2D eigenvalue weighted by molar-refractivity contribution is 0.394. The molecule has 0 saturated carbocycles. The first-order chi connectivity index (χ1) is 8.47. The standard InChI is InChI=1S/C10H15ClN4O2S/c1-15-3-2-8(7-15)4-14-18(16,17)9-5-12-10(11)13-6-9/h5-6,8,14H,2-4,7H2,1H3. The van der Waals surface area contributed by atoms with E-state index in [1.807, 2.05) is 7.05 Å². The van der Waals surface area contributed by atoms with Crippen molar-refractivity contribution in [2.75, 3.05) is 26.7 Å². The number of rotatable bonds is 4. The minimum Gasteiger partial charge on any atom is -0.306 e. The zero-order valence-electron chi connectivity index (χ0n) is 10.0. The average molecular weight is 291 g/mol. The highest BCUT2D eigenvalue weighted by atomic mass is 35.5. The molecule has 2 rings (SSSR count). The summed E-state index contributed by atoms with van der Waals surface area (Å²) >= 11 is 5.52. The van der Waals surface area contributed by atoms with Gasteiger partial charge in [-0.15, -0.1) is 0 Å². The van der Waals surface area contributed by atoms with Gasteiger partial charge in [0.25, 0.3) is 0 Å². The third-order valence-electron chi connectivity index (χ3n) is 2.96. The minimum absolute atomic E-state index is 0.0337. The van der Waals surface area contributed by atoms with E-state index in [1.54, 1.807) is 0 Å². The Labute approximate surface area is 111 Å². The smallest absolute Gasteiger partial charge is 0.243 e. The van der Waals surface area contributed by atoms with E-state index in [-0.39, 0.29) is 10.2 Å². The van der Waals surface area contributed by atoms with E-state index in [0.717, 1.165) is 19.5 Å². The molecular weight excluding hydrogens is 276 g/mol. The van der Waals surface area contributed by atoms with Crippen LogP contribution in [0.5, 0.6) is 0 Å². The lowest BCUT2D eigenvalue weighted by atomic mass is 10.1. The Morgan fingerprint density at radius 2 is 2.17 bits per heavy atom. The van der Waals surface area contributed by atoms with Gasteiger partial charge in [-0.1, -0.05) is 0 Å². The van der Waals surface area contributed by atoms with Gasteiger partial charge in [0.2, 0.25) is 15.3 Å². The fourth-order valence-electron chi connectivity index (χ4n) is 1.94. The van der Waals surface area contributed by atoms with Crippen molar-refractivity contribution in [3.05, 3.63) is 17.7 Å². The summed E-state index contributed by atoms with van der Waals surface area (Å²) in [7, 11) is -1.50. The van der Waals surface area contributed by atoms with Gasteiger partial charge in [-0.25, -0.2) is 23.1 Å². The second kappa shape index (κ2) is 5.48. The number of nitrogens with one attached hydrogen (secondary N) is 1. The van der Waals surface area contributed by atoms with E-state index >= 15 is 0 Å². The molecule has 0 aliphatic carbocycles. The first kappa shape index (κ1) is 13.7. The molecule has 1 N–H and O–H groups in total. The van der Waals surface area contributed by atoms with Gasteiger partial charge in [-0.05, 0) is 37.5 Å². The topological polar surface area (TPSA) is 75.2 Å². The van der Waals surface area contributed by atoms with Gasteiger partial charge in [-0.2, -0.15) is 0 Å². The van der Waals surface area contributed by atoms with Gasteiger partial charge in [0.1, 0.15) is 4.90 Å². The number of likely N-dealkylation sites (tertiary alicyclic amines) is 1. The fourth-order valence-corrected chi connectivity index (χ4v) is 3.05. The highest BCUT2D eigenvalue weighted by Crippen LogP contribution is 2.14. The van der Waals surface area contributed by atoms with Gasteiger partial charge in [0, 0.05) is 13.1 Å². The van der Waals surface area contributed by atoms with E-state index in [2.05, 4.69) is 19.6 Å². The van der Waals surface area contributed by atoms with E-state index < -0.39 is 10.0 Å². The van der Waals surface area contributed by atoms with Gasteiger partial charge >= 0.3 is 0 Å². The summed E-state index contributed by atoms with van der Waals surface area (Å²) in [4.78, 5) is 9.55. The van der Waals surface area contributed by atoms with Gasteiger partial charge in [0.15, 0.2) is 0 Å². The Balaban J connectivity index is 1.97. The summed E-state index contributed by atoms with van der Waals surface area (Å²) in [6.07, 6.45) is 3.42. The summed E-state index contributed by atoms with van der Waals surface area (Å²) in [5.74, 6) is 0.359. The quantitative estimate of drug-likeness (QED) is 0.811. The van der Waals surface area contributed by atoms with Crippen LogP contribution in [-0.4, -0.2) is 50.0 Å². The molecule has 1 atom stereocenters. The molecule has 1 aromatic rings. The molecule has 0 radical (unpaired) electrons. The summed E-state index contributed by atoms with van der Waals surface area (Å²) in [6, 6.07) is 0. The summed E-state index contributed by atoms with van der Waals surface area (Å²) in [5.41, 5.74) is 0. The SMILES string of the molecule is CN1CCC(CNS(=O)(=O)c2cnc(Cl)nc2)C1. The predicted octanol–water partition coefficient (Wildman–Crippen LogP) is 0.360. The normalized spacial score (nSPS) is 21.3. The molecule has 0 bridgehead atoms. The predicted molar refractivity (Wildman–Crippen MR) is 67.8 cm³/mol. The maximum Gasteiger partial charge on any atom is 0.243 e. The van der Waals surface area contributed by atoms with E-state index in [9.17, 15) is 8.42 Å². The molecule has 8 heteroatoms. The Bertz CT molecular complexity index is 505. The van der Waals surface area contributed by atoms with Crippen molar-refractivity contribution in [3.8, 4) is 0 Å². The molecule has 6 nitrogen and oxygen atoms in total. The zero-order chi connectivity index (χ0) is 13.2. The molecule has 1 aliphatic heterocycles. The molecule has 1 aliphatic rings. The maximum atomic E-state index is 11.9. The van der Waals surface area contributed by atoms with Crippen molar-refractivity contribution >= 4 is 21.6 Å². The molecule has 100 valence electrons. The molecular formula is C10H15ClN4O2S. The molecule has 1 unspecified atom stereocenters. The van der Waals surface area contributed by atoms with Crippen molar-refractivity contribution in [2.45, 2.75) is 11.3 Å². The summed E-state index contributed by atoms with van der Waals surface area (Å²) in [5, 5.41) is 0.0337. The van der Waals surface area contributed by atoms with Crippen molar-refractivity contribution < 1.29 is 8.42 Å². The molecule has 18 heavy (non-hydrogen) atoms. The van der Waals surface area contributed by atoms with Crippen LogP contribution < -0.4 is 4.72 Å². The van der Waals surface area contributed by atoms with Crippen LogP contribution >= 0.6 is 11.6 Å². The van der Waals surface area contributed by atoms with Crippen LogP contribution in [0.4, 0.5) is 0 Å². The molecule has 2 heterocycles. The molecule has 0 spiro atoms. The van der Waals surface area contributed by atoms with Crippen LogP contribution in [0.1, 0.15) is 6.42 Å². The second-order valence-corrected chi connectivity index (χ2v) is 6.56. The van der Waals surface area contributed by atoms with E-state index in [4.69, 9.17) is 11.6 Å². The van der Waals surface area contributed by atoms with Crippen molar-refractivity contribution in [3.63, 3.8) is 0 Å². The maximum absolute atomic E-state index is 11.9. The van der Waals surface area contributed by atoms with Crippen LogP contribution in [0, 0.1) is 5.92 Å². The summed E-state index contributed by atoms with van der Waals surface area (Å²) < 4.78 is 26.4. The first-order valence-electron chi connectivity index (χ1n) is 5.63. The Morgan fingerprint density at radius 1 is 1.50 bits per heavy atom. The Hall–Kier alpha value is -0.760. The van der Waals surface area contributed by atoms with Gasteiger partial charge < -0.3 is 4.90 Å². The monoisotopic (exact) mass is 290 g/mol. The highest BCUT2D eigenvalue weighted by Gasteiger charge is 2.22. The third kappa shape index (κ3) is 3.38. The van der Waals surface area contributed by atoms with Crippen molar-refractivity contribution in [1.82, 2.24) is 19.6 Å². The number of aromatic nitrogens is 2. The minimum atomic E-state index is -3.53. The van der Waals surface area contributed by atoms with Crippen molar-refractivity contribution in [2.24, 2.45) is 5.92 Å². The molecule has 1 saturated heterocycles. The Morgan fingerprint density at radius 3 is 2.72 bits per heavy atom. The van der Waals surface area contributed by atoms with Crippen molar-refractivity contribution in [1.29, 1.82) is 0 Å². The van der Waals surface area contributed by atoms with E-state index in [1.165, 1.54) is 12.4 Å². The molecule has 0 amide bonds. The molecule has 0 aromatic carbocycles. The van der Waals surface area contributed by atoms with E-state index in [0.29, 0.717) is 12.5 Å². The van der Waals surface area contributed by atoms with Crippen LogP contribution in [0.15, 0.2) is 17.3 Å². The number of hydrogen-bond acceptors (Lipinski definition) is 5. The molecule has 1 fully saturated rings. The second-order valence-electron chi connectivity index (χ2n) is 4.46. The first-order valence-corrected chi connectivity index (χ1v) is 7.49. The molecule has 1 aromatic heterocycles.